The van der Waals surface area contributed by atoms with Crippen molar-refractivity contribution in [3.8, 4) is 5.69 Å². The number of fused-ring (bicyclic) bond motifs is 3. The molecule has 5 aromatic rings. The first-order valence-electron chi connectivity index (χ1n) is 11.7. The zero-order valence-corrected chi connectivity index (χ0v) is 21.1. The Kier molecular flexibility index (Phi) is 6.00. The second-order valence-electron chi connectivity index (χ2n) is 9.03. The van der Waals surface area contributed by atoms with Gasteiger partial charge < -0.3 is 20.6 Å². The number of morpholine rings is 1. The van der Waals surface area contributed by atoms with Crippen LogP contribution >= 0.6 is 11.5 Å². The number of nitrogens with two attached hydrogens (primary N) is 1. The molecule has 5 heterocycles. The van der Waals surface area contributed by atoms with E-state index in [1.807, 2.05) is 0 Å². The minimum absolute atomic E-state index is 0.0198. The Bertz CT molecular complexity index is 1840. The lowest BCUT2D eigenvalue weighted by Gasteiger charge is -2.36. The van der Waals surface area contributed by atoms with Gasteiger partial charge in [-0.15, -0.1) is 10.2 Å². The fraction of sp³-hybridized carbons (Fsp3) is 0.261. The number of nitrogen functional groups attached to an aromatic ring is 1. The van der Waals surface area contributed by atoms with Crippen molar-refractivity contribution in [2.45, 2.75) is 31.4 Å². The van der Waals surface area contributed by atoms with E-state index >= 15 is 0 Å². The fourth-order valence-electron chi connectivity index (χ4n) is 4.44. The summed E-state index contributed by atoms with van der Waals surface area (Å²) in [5.74, 6) is -0.486. The van der Waals surface area contributed by atoms with E-state index < -0.39 is 41.6 Å². The summed E-state index contributed by atoms with van der Waals surface area (Å²) in [4.78, 5) is 34.5. The number of H-pyrrole nitrogens is 1. The van der Waals surface area contributed by atoms with Crippen LogP contribution in [0, 0.1) is 0 Å². The molecular weight excluding hydrogens is 555 g/mol. The molecule has 0 bridgehead atoms. The monoisotopic (exact) mass is 573 g/mol. The highest BCUT2D eigenvalue weighted by molar-refractivity contribution is 7.14. The zero-order chi connectivity index (χ0) is 28.3. The van der Waals surface area contributed by atoms with Gasteiger partial charge in [-0.25, -0.2) is 9.67 Å². The van der Waals surface area contributed by atoms with E-state index in [2.05, 4.69) is 29.6 Å². The van der Waals surface area contributed by atoms with Crippen molar-refractivity contribution in [1.29, 1.82) is 0 Å². The van der Waals surface area contributed by atoms with Crippen LogP contribution in [0.5, 0.6) is 0 Å². The summed E-state index contributed by atoms with van der Waals surface area (Å²) in [6, 6.07) is 5.43. The number of hydrogen-bond donors (Lipinski definition) is 3. The van der Waals surface area contributed by atoms with Gasteiger partial charge in [-0.2, -0.15) is 22.6 Å². The second kappa shape index (κ2) is 9.32. The third kappa shape index (κ3) is 4.33. The van der Waals surface area contributed by atoms with Gasteiger partial charge in [0.25, 0.3) is 11.5 Å². The predicted octanol–water partition coefficient (Wildman–Crippen LogP) is 1.96. The Balaban J connectivity index is 1.30. The lowest BCUT2D eigenvalue weighted by Crippen LogP contribution is -2.54. The van der Waals surface area contributed by atoms with Gasteiger partial charge >= 0.3 is 6.18 Å². The number of carbonyl (C=O) groups is 1. The van der Waals surface area contributed by atoms with Gasteiger partial charge in [0.15, 0.2) is 17.6 Å². The van der Waals surface area contributed by atoms with Gasteiger partial charge in [0, 0.05) is 17.6 Å². The Hall–Kier alpha value is -4.48. The maximum atomic E-state index is 13.4. The topological polar surface area (TPSA) is 178 Å². The largest absolute Gasteiger partial charge is 0.435 e. The zero-order valence-electron chi connectivity index (χ0n) is 20.3. The summed E-state index contributed by atoms with van der Waals surface area (Å²) < 4.78 is 50.6. The van der Waals surface area contributed by atoms with Crippen LogP contribution in [-0.4, -0.2) is 64.1 Å². The van der Waals surface area contributed by atoms with Crippen LogP contribution in [0.25, 0.3) is 26.7 Å². The molecule has 3 atom stereocenters. The summed E-state index contributed by atoms with van der Waals surface area (Å²) in [5, 5.41) is 22.7. The van der Waals surface area contributed by atoms with Crippen LogP contribution in [0.15, 0.2) is 41.5 Å². The first-order chi connectivity index (χ1) is 19.0. The van der Waals surface area contributed by atoms with Crippen molar-refractivity contribution < 1.29 is 27.8 Å². The molecule has 1 aliphatic heterocycles. The summed E-state index contributed by atoms with van der Waals surface area (Å²) >= 11 is 1.05. The van der Waals surface area contributed by atoms with Crippen molar-refractivity contribution in [1.82, 2.24) is 34.3 Å². The first kappa shape index (κ1) is 25.8. The number of halogens is 3. The predicted molar refractivity (Wildman–Crippen MR) is 136 cm³/mol. The van der Waals surface area contributed by atoms with Crippen LogP contribution in [0.3, 0.4) is 0 Å². The number of aromatic nitrogens is 7. The molecule has 0 spiro atoms. The van der Waals surface area contributed by atoms with E-state index in [4.69, 9.17) is 10.5 Å². The Morgan fingerprint density at radius 1 is 1.27 bits per heavy atom. The van der Waals surface area contributed by atoms with E-state index in [-0.39, 0.29) is 40.6 Å². The average molecular weight is 574 g/mol. The molecule has 1 aliphatic rings. The number of alkyl halides is 3. The lowest BCUT2D eigenvalue weighted by molar-refractivity contribution is -0.151. The molecule has 0 aliphatic carbocycles. The van der Waals surface area contributed by atoms with E-state index in [1.54, 1.807) is 19.1 Å². The van der Waals surface area contributed by atoms with Crippen molar-refractivity contribution >= 4 is 50.1 Å². The van der Waals surface area contributed by atoms with Crippen LogP contribution in [0.4, 0.5) is 24.8 Å². The number of aromatic amines is 1. The molecule has 4 aromatic heterocycles. The van der Waals surface area contributed by atoms with Gasteiger partial charge in [-0.3, -0.25) is 14.5 Å². The standard InChI is InChI=1S/C23H18F3N9O4S/c1-9-8-34(14-4-5-35(32-14)10-6-13(23(24,25)26)31-28-7-10)22(38)17(39-9)16(36)20-29-12-3-2-11-18(40-33-19(11)27)15(12)21(37)30-20/h2-7,9,16-17,36H,8H2,1H3,(H2,27,33)(H,29,30,37)/t9-,16+,17+/m0/s1. The Morgan fingerprint density at radius 2 is 2.08 bits per heavy atom. The van der Waals surface area contributed by atoms with Crippen molar-refractivity contribution in [3.63, 3.8) is 0 Å². The van der Waals surface area contributed by atoms with Gasteiger partial charge in [0.2, 0.25) is 0 Å². The second-order valence-corrected chi connectivity index (χ2v) is 9.81. The molecule has 6 rings (SSSR count). The SMILES string of the molecule is C[C@H]1CN(c2ccn(-c3cnnc(C(F)(F)F)c3)n2)C(=O)[C@@H]([C@@H](O)c2nc3ccc4c(N)nsc4c3c(=O)[nH]2)O1. The molecule has 40 heavy (non-hydrogen) atoms. The fourth-order valence-corrected chi connectivity index (χ4v) is 5.28. The number of amides is 1. The summed E-state index contributed by atoms with van der Waals surface area (Å²) in [6.07, 6.45) is -5.93. The molecule has 1 fully saturated rings. The van der Waals surface area contributed by atoms with Gasteiger partial charge in [-0.1, -0.05) is 0 Å². The Labute approximate surface area is 225 Å². The number of rotatable bonds is 4. The highest BCUT2D eigenvalue weighted by Crippen LogP contribution is 2.32. The maximum absolute atomic E-state index is 13.4. The smallest absolute Gasteiger partial charge is 0.382 e. The Morgan fingerprint density at radius 3 is 2.85 bits per heavy atom. The number of aliphatic hydroxyl groups excluding tert-OH is 1. The first-order valence-corrected chi connectivity index (χ1v) is 12.5. The average Bonchev–Trinajstić information content (AvgIpc) is 3.56. The van der Waals surface area contributed by atoms with Crippen LogP contribution in [-0.2, 0) is 15.7 Å². The number of ether oxygens (including phenoxy) is 1. The van der Waals surface area contributed by atoms with Crippen molar-refractivity contribution in [2.75, 3.05) is 17.2 Å². The van der Waals surface area contributed by atoms with Gasteiger partial charge in [0.05, 0.1) is 40.1 Å². The van der Waals surface area contributed by atoms with Gasteiger partial charge in [0.1, 0.15) is 17.7 Å². The molecule has 1 saturated heterocycles. The number of nitrogens with one attached hydrogen (secondary N) is 1. The summed E-state index contributed by atoms with van der Waals surface area (Å²) in [7, 11) is 0. The normalized spacial score (nSPS) is 19.0. The van der Waals surface area contributed by atoms with E-state index in [0.717, 1.165) is 28.5 Å². The highest BCUT2D eigenvalue weighted by atomic mass is 32.1. The maximum Gasteiger partial charge on any atom is 0.435 e. The quantitative estimate of drug-likeness (QED) is 0.288. The van der Waals surface area contributed by atoms with E-state index in [9.17, 15) is 27.9 Å². The number of benzene rings is 1. The lowest BCUT2D eigenvalue weighted by atomic mass is 10.1. The third-order valence-electron chi connectivity index (χ3n) is 6.30. The molecular formula is C23H18F3N9O4S. The summed E-state index contributed by atoms with van der Waals surface area (Å²) in [5.41, 5.74) is 4.35. The molecule has 1 amide bonds. The van der Waals surface area contributed by atoms with E-state index in [0.29, 0.717) is 10.1 Å². The van der Waals surface area contributed by atoms with Crippen LogP contribution in [0.1, 0.15) is 24.5 Å². The minimum atomic E-state index is -4.70. The molecule has 0 radical (unpaired) electrons. The number of carbonyl (C=O) groups excluding carboxylic acids is 1. The molecule has 13 nitrogen and oxygen atoms in total. The van der Waals surface area contributed by atoms with E-state index in [1.165, 1.54) is 17.2 Å². The molecule has 4 N–H and O–H groups in total. The molecule has 17 heteroatoms. The molecule has 0 unspecified atom stereocenters. The number of aliphatic hydroxyl groups is 1. The van der Waals surface area contributed by atoms with Crippen molar-refractivity contribution in [2.24, 2.45) is 0 Å². The molecule has 206 valence electrons. The van der Waals surface area contributed by atoms with Crippen molar-refractivity contribution in [3.05, 3.63) is 58.5 Å². The number of anilines is 2. The van der Waals surface area contributed by atoms with Crippen LogP contribution < -0.4 is 16.2 Å². The molecule has 0 saturated carbocycles. The highest BCUT2D eigenvalue weighted by Gasteiger charge is 2.41. The third-order valence-corrected chi connectivity index (χ3v) is 7.19. The molecule has 1 aromatic carbocycles. The van der Waals surface area contributed by atoms with Crippen LogP contribution in [0.2, 0.25) is 0 Å². The number of nitrogens with zero attached hydrogens (tertiary/aromatic N) is 7. The summed E-state index contributed by atoms with van der Waals surface area (Å²) in [6.45, 7) is 1.72. The van der Waals surface area contributed by atoms with Gasteiger partial charge in [-0.05, 0) is 36.7 Å². The number of hydrogen-bond acceptors (Lipinski definition) is 11. The minimum Gasteiger partial charge on any atom is -0.382 e.